The standard InChI is InChI=1S/C19H26N6O/c1-13-21-8-14(9-22-13)7-20-10-15-3-6-18(26)25(17-4-5-17)19(15)16-11-23-24(2)12-16/h8-9,11-12,15,17,19-20H,3-7,10H2,1-2H3/t15-,19+/m1/s1. The lowest BCUT2D eigenvalue weighted by atomic mass is 9.85. The summed E-state index contributed by atoms with van der Waals surface area (Å²) in [5.74, 6) is 1.48. The number of piperidine rings is 1. The Labute approximate surface area is 153 Å². The zero-order chi connectivity index (χ0) is 18.1. The van der Waals surface area contributed by atoms with Crippen molar-refractivity contribution in [2.24, 2.45) is 13.0 Å². The van der Waals surface area contributed by atoms with E-state index in [0.29, 0.717) is 24.3 Å². The number of aryl methyl sites for hydroxylation is 2. The molecule has 7 heteroatoms. The lowest BCUT2D eigenvalue weighted by Crippen LogP contribution is -2.46. The third kappa shape index (κ3) is 3.62. The number of hydrogen-bond donors (Lipinski definition) is 1. The van der Waals surface area contributed by atoms with Crippen molar-refractivity contribution in [3.8, 4) is 0 Å². The van der Waals surface area contributed by atoms with Crippen LogP contribution in [0.2, 0.25) is 0 Å². The van der Waals surface area contributed by atoms with Gasteiger partial charge in [0.05, 0.1) is 12.2 Å². The van der Waals surface area contributed by atoms with Gasteiger partial charge in [-0.2, -0.15) is 5.10 Å². The van der Waals surface area contributed by atoms with E-state index in [9.17, 15) is 4.79 Å². The van der Waals surface area contributed by atoms with Crippen molar-refractivity contribution in [3.63, 3.8) is 0 Å². The third-order valence-corrected chi connectivity index (χ3v) is 5.34. The van der Waals surface area contributed by atoms with Crippen molar-refractivity contribution in [3.05, 3.63) is 41.7 Å². The first kappa shape index (κ1) is 17.1. The first-order valence-corrected chi connectivity index (χ1v) is 9.40. The van der Waals surface area contributed by atoms with Crippen LogP contribution in [0, 0.1) is 12.8 Å². The lowest BCUT2D eigenvalue weighted by molar-refractivity contribution is -0.139. The van der Waals surface area contributed by atoms with Crippen LogP contribution in [0.4, 0.5) is 0 Å². The van der Waals surface area contributed by atoms with Crippen molar-refractivity contribution in [2.45, 2.75) is 51.2 Å². The highest BCUT2D eigenvalue weighted by molar-refractivity contribution is 5.78. The molecule has 2 aliphatic rings. The fourth-order valence-electron chi connectivity index (χ4n) is 3.91. The molecule has 1 N–H and O–H groups in total. The van der Waals surface area contributed by atoms with Gasteiger partial charge in [-0.25, -0.2) is 9.97 Å². The normalized spacial score (nSPS) is 23.5. The molecular weight excluding hydrogens is 328 g/mol. The Morgan fingerprint density at radius 3 is 2.62 bits per heavy atom. The molecule has 0 unspecified atom stereocenters. The lowest BCUT2D eigenvalue weighted by Gasteiger charge is -2.41. The Hall–Kier alpha value is -2.28. The van der Waals surface area contributed by atoms with Crippen LogP contribution in [0.5, 0.6) is 0 Å². The van der Waals surface area contributed by atoms with E-state index in [0.717, 1.165) is 49.3 Å². The highest BCUT2D eigenvalue weighted by Gasteiger charge is 2.44. The van der Waals surface area contributed by atoms with Crippen LogP contribution in [0.1, 0.15) is 48.7 Å². The maximum absolute atomic E-state index is 12.6. The molecule has 3 heterocycles. The van der Waals surface area contributed by atoms with Gasteiger partial charge in [0, 0.05) is 62.3 Å². The predicted octanol–water partition coefficient (Wildman–Crippen LogP) is 1.75. The van der Waals surface area contributed by atoms with Gasteiger partial charge in [0.1, 0.15) is 5.82 Å². The largest absolute Gasteiger partial charge is 0.332 e. The van der Waals surface area contributed by atoms with Crippen LogP contribution in [0.3, 0.4) is 0 Å². The van der Waals surface area contributed by atoms with E-state index in [4.69, 9.17) is 0 Å². The molecule has 4 rings (SSSR count). The van der Waals surface area contributed by atoms with Gasteiger partial charge in [0.15, 0.2) is 0 Å². The first-order chi connectivity index (χ1) is 12.6. The van der Waals surface area contributed by atoms with E-state index in [1.165, 1.54) is 0 Å². The Bertz CT molecular complexity index is 767. The molecule has 1 aliphatic carbocycles. The van der Waals surface area contributed by atoms with Gasteiger partial charge in [-0.1, -0.05) is 0 Å². The second-order valence-electron chi connectivity index (χ2n) is 7.49. The quantitative estimate of drug-likeness (QED) is 0.855. The molecule has 1 saturated heterocycles. The van der Waals surface area contributed by atoms with Crippen LogP contribution in [-0.2, 0) is 18.4 Å². The molecule has 1 saturated carbocycles. The van der Waals surface area contributed by atoms with E-state index < -0.39 is 0 Å². The average molecular weight is 354 g/mol. The number of nitrogens with one attached hydrogen (secondary N) is 1. The molecule has 0 radical (unpaired) electrons. The van der Waals surface area contributed by atoms with Crippen LogP contribution >= 0.6 is 0 Å². The van der Waals surface area contributed by atoms with Gasteiger partial charge in [0.2, 0.25) is 5.91 Å². The molecule has 0 bridgehead atoms. The van der Waals surface area contributed by atoms with E-state index in [1.54, 1.807) is 0 Å². The summed E-state index contributed by atoms with van der Waals surface area (Å²) in [6.45, 7) is 3.50. The van der Waals surface area contributed by atoms with Crippen LogP contribution in [0.25, 0.3) is 0 Å². The number of carbonyl (C=O) groups excluding carboxylic acids is 1. The van der Waals surface area contributed by atoms with Gasteiger partial charge in [-0.3, -0.25) is 9.48 Å². The third-order valence-electron chi connectivity index (χ3n) is 5.34. The molecule has 2 aromatic heterocycles. The molecule has 0 aromatic carbocycles. The van der Waals surface area contributed by atoms with Gasteiger partial charge < -0.3 is 10.2 Å². The number of amides is 1. The summed E-state index contributed by atoms with van der Waals surface area (Å²) in [5.41, 5.74) is 2.23. The summed E-state index contributed by atoms with van der Waals surface area (Å²) >= 11 is 0. The highest BCUT2D eigenvalue weighted by Crippen LogP contribution is 2.43. The van der Waals surface area contributed by atoms with Crippen LogP contribution in [-0.4, -0.2) is 43.1 Å². The van der Waals surface area contributed by atoms with Crippen LogP contribution in [0.15, 0.2) is 24.8 Å². The van der Waals surface area contributed by atoms with Gasteiger partial charge in [-0.05, 0) is 32.1 Å². The SMILES string of the molecule is Cc1ncc(CNC[C@H]2CCC(=O)N(C3CC3)[C@@H]2c2cnn(C)c2)cn1. The van der Waals surface area contributed by atoms with Crippen molar-refractivity contribution in [1.29, 1.82) is 0 Å². The fourth-order valence-corrected chi connectivity index (χ4v) is 3.91. The second-order valence-corrected chi connectivity index (χ2v) is 7.49. The maximum Gasteiger partial charge on any atom is 0.223 e. The fraction of sp³-hybridized carbons (Fsp3) is 0.579. The maximum atomic E-state index is 12.6. The molecular formula is C19H26N6O. The van der Waals surface area contributed by atoms with Crippen molar-refractivity contribution in [2.75, 3.05) is 6.54 Å². The van der Waals surface area contributed by atoms with E-state index in [-0.39, 0.29) is 6.04 Å². The summed E-state index contributed by atoms with van der Waals surface area (Å²) in [6, 6.07) is 0.542. The minimum atomic E-state index is 0.124. The summed E-state index contributed by atoms with van der Waals surface area (Å²) in [6.07, 6.45) is 11.5. The van der Waals surface area contributed by atoms with Crippen molar-refractivity contribution in [1.82, 2.24) is 30.0 Å². The van der Waals surface area contributed by atoms with Crippen molar-refractivity contribution >= 4 is 5.91 Å². The summed E-state index contributed by atoms with van der Waals surface area (Å²) in [4.78, 5) is 23.2. The van der Waals surface area contributed by atoms with Crippen LogP contribution < -0.4 is 5.32 Å². The second kappa shape index (κ2) is 7.15. The minimum Gasteiger partial charge on any atom is -0.332 e. The Kier molecular flexibility index (Phi) is 4.72. The zero-order valence-corrected chi connectivity index (χ0v) is 15.4. The average Bonchev–Trinajstić information content (AvgIpc) is 3.38. The smallest absolute Gasteiger partial charge is 0.223 e. The Balaban J connectivity index is 1.47. The summed E-state index contributed by atoms with van der Waals surface area (Å²) in [7, 11) is 1.93. The number of rotatable bonds is 6. The van der Waals surface area contributed by atoms with E-state index in [1.807, 2.05) is 37.2 Å². The Morgan fingerprint density at radius 1 is 1.19 bits per heavy atom. The molecule has 26 heavy (non-hydrogen) atoms. The molecule has 2 aromatic rings. The highest BCUT2D eigenvalue weighted by atomic mass is 16.2. The van der Waals surface area contributed by atoms with Gasteiger partial charge in [-0.15, -0.1) is 0 Å². The number of aromatic nitrogens is 4. The number of hydrogen-bond acceptors (Lipinski definition) is 5. The van der Waals surface area contributed by atoms with Gasteiger partial charge in [0.25, 0.3) is 0 Å². The van der Waals surface area contributed by atoms with E-state index >= 15 is 0 Å². The molecule has 1 amide bonds. The summed E-state index contributed by atoms with van der Waals surface area (Å²) < 4.78 is 1.83. The molecule has 7 nitrogen and oxygen atoms in total. The summed E-state index contributed by atoms with van der Waals surface area (Å²) in [5, 5.41) is 7.89. The predicted molar refractivity (Wildman–Crippen MR) is 97.0 cm³/mol. The molecule has 138 valence electrons. The molecule has 1 aliphatic heterocycles. The number of nitrogens with zero attached hydrogens (tertiary/aromatic N) is 5. The monoisotopic (exact) mass is 354 g/mol. The molecule has 0 spiro atoms. The first-order valence-electron chi connectivity index (χ1n) is 9.40. The molecule has 2 atom stereocenters. The number of likely N-dealkylation sites (tertiary alicyclic amines) is 1. The van der Waals surface area contributed by atoms with Crippen molar-refractivity contribution < 1.29 is 4.79 Å². The molecule has 2 fully saturated rings. The number of carbonyl (C=O) groups is 1. The topological polar surface area (TPSA) is 75.9 Å². The minimum absolute atomic E-state index is 0.124. The Morgan fingerprint density at radius 2 is 1.96 bits per heavy atom. The van der Waals surface area contributed by atoms with E-state index in [2.05, 4.69) is 31.5 Å². The van der Waals surface area contributed by atoms with Gasteiger partial charge >= 0.3 is 0 Å². The zero-order valence-electron chi connectivity index (χ0n) is 15.4.